The summed E-state index contributed by atoms with van der Waals surface area (Å²) in [7, 11) is 0. The second-order valence-electron chi connectivity index (χ2n) is 9.02. The molecule has 1 aromatic heterocycles. The van der Waals surface area contributed by atoms with Gasteiger partial charge in [0.2, 0.25) is 0 Å². The topological polar surface area (TPSA) is 56.9 Å². The fourth-order valence-corrected chi connectivity index (χ4v) is 5.06. The van der Waals surface area contributed by atoms with Gasteiger partial charge in [0.05, 0.1) is 18.0 Å². The largest absolute Gasteiger partial charge is 0.362 e. The van der Waals surface area contributed by atoms with E-state index in [4.69, 9.17) is 17.5 Å². The van der Waals surface area contributed by atoms with Crippen LogP contribution in [-0.2, 0) is 19.4 Å². The molecule has 1 aliphatic rings. The summed E-state index contributed by atoms with van der Waals surface area (Å²) < 4.78 is 2.20. The first-order valence-corrected chi connectivity index (χ1v) is 12.7. The molecule has 6 heteroatoms. The van der Waals surface area contributed by atoms with Crippen molar-refractivity contribution >= 4 is 17.3 Å². The molecule has 3 aromatic rings. The molecule has 1 N–H and O–H groups in total. The van der Waals surface area contributed by atoms with Crippen LogP contribution < -0.4 is 5.32 Å². The van der Waals surface area contributed by atoms with Gasteiger partial charge in [0.15, 0.2) is 5.11 Å². The van der Waals surface area contributed by atoms with Crippen molar-refractivity contribution in [1.29, 1.82) is 5.26 Å². The standard InChI is InChI=1S/C28H33N5S/c29-19-24-11-13-25(14-12-24)21-32-22-30-20-27(32)16-18-33(26-9-5-2-6-10-26)28(34)31-17-15-23-7-3-1-4-8-23/h1,3-4,7-8,11-14,20,22,26H,2,5-6,9-10,15-18,21H2,(H,31,34). The van der Waals surface area contributed by atoms with Crippen LogP contribution in [0.4, 0.5) is 0 Å². The summed E-state index contributed by atoms with van der Waals surface area (Å²) in [4.78, 5) is 6.84. The van der Waals surface area contributed by atoms with E-state index in [1.807, 2.05) is 36.8 Å². The highest BCUT2D eigenvalue weighted by Crippen LogP contribution is 2.23. The highest BCUT2D eigenvalue weighted by molar-refractivity contribution is 7.80. The number of hydrogen-bond donors (Lipinski definition) is 1. The fraction of sp³-hybridized carbons (Fsp3) is 0.393. The molecule has 1 heterocycles. The zero-order valence-corrected chi connectivity index (χ0v) is 20.5. The molecule has 1 aliphatic carbocycles. The van der Waals surface area contributed by atoms with Crippen LogP contribution in [0.15, 0.2) is 67.1 Å². The summed E-state index contributed by atoms with van der Waals surface area (Å²) in [6.45, 7) is 2.49. The van der Waals surface area contributed by atoms with E-state index >= 15 is 0 Å². The Morgan fingerprint density at radius 2 is 1.79 bits per heavy atom. The van der Waals surface area contributed by atoms with Crippen molar-refractivity contribution in [2.24, 2.45) is 0 Å². The van der Waals surface area contributed by atoms with Gasteiger partial charge in [0.25, 0.3) is 0 Å². The third-order valence-corrected chi connectivity index (χ3v) is 7.03. The minimum atomic E-state index is 0.514. The lowest BCUT2D eigenvalue weighted by Crippen LogP contribution is -2.48. The van der Waals surface area contributed by atoms with Crippen LogP contribution in [0.3, 0.4) is 0 Å². The van der Waals surface area contributed by atoms with Crippen molar-refractivity contribution < 1.29 is 0 Å². The molecule has 1 saturated carbocycles. The van der Waals surface area contributed by atoms with E-state index in [0.717, 1.165) is 37.6 Å². The molecule has 5 nitrogen and oxygen atoms in total. The number of imidazole rings is 1. The first-order chi connectivity index (χ1) is 16.7. The zero-order chi connectivity index (χ0) is 23.6. The van der Waals surface area contributed by atoms with Crippen molar-refractivity contribution in [3.63, 3.8) is 0 Å². The van der Waals surface area contributed by atoms with Gasteiger partial charge >= 0.3 is 0 Å². The molecule has 4 rings (SSSR count). The predicted molar refractivity (Wildman–Crippen MR) is 141 cm³/mol. The highest BCUT2D eigenvalue weighted by Gasteiger charge is 2.23. The molecule has 0 spiro atoms. The van der Waals surface area contributed by atoms with Crippen LogP contribution in [0.1, 0.15) is 54.5 Å². The number of nitriles is 1. The number of hydrogen-bond acceptors (Lipinski definition) is 3. The minimum Gasteiger partial charge on any atom is -0.362 e. The van der Waals surface area contributed by atoms with Gasteiger partial charge in [-0.25, -0.2) is 4.98 Å². The molecule has 0 bridgehead atoms. The minimum absolute atomic E-state index is 0.514. The summed E-state index contributed by atoms with van der Waals surface area (Å²) in [5.74, 6) is 0. The summed E-state index contributed by atoms with van der Waals surface area (Å²) in [6, 6.07) is 21.0. The Bertz CT molecular complexity index is 1080. The lowest BCUT2D eigenvalue weighted by atomic mass is 9.94. The quantitative estimate of drug-likeness (QED) is 0.440. The Balaban J connectivity index is 1.37. The van der Waals surface area contributed by atoms with E-state index in [-0.39, 0.29) is 0 Å². The van der Waals surface area contributed by atoms with E-state index < -0.39 is 0 Å². The lowest BCUT2D eigenvalue weighted by molar-refractivity contribution is 0.242. The maximum Gasteiger partial charge on any atom is 0.169 e. The molecule has 34 heavy (non-hydrogen) atoms. The van der Waals surface area contributed by atoms with Crippen LogP contribution in [0.2, 0.25) is 0 Å². The second-order valence-corrected chi connectivity index (χ2v) is 9.41. The van der Waals surface area contributed by atoms with Gasteiger partial charge in [-0.15, -0.1) is 0 Å². The average molecular weight is 472 g/mol. The van der Waals surface area contributed by atoms with Crippen LogP contribution in [0.25, 0.3) is 0 Å². The maximum absolute atomic E-state index is 9.03. The molecule has 0 aliphatic heterocycles. The molecule has 176 valence electrons. The molecule has 0 unspecified atom stereocenters. The van der Waals surface area contributed by atoms with E-state index in [0.29, 0.717) is 11.6 Å². The summed E-state index contributed by atoms with van der Waals surface area (Å²) in [6.07, 6.45) is 12.0. The van der Waals surface area contributed by atoms with Crippen LogP contribution in [0, 0.1) is 11.3 Å². The molecule has 0 atom stereocenters. The third kappa shape index (κ3) is 6.68. The number of nitrogens with one attached hydrogen (secondary N) is 1. The first-order valence-electron chi connectivity index (χ1n) is 12.3. The van der Waals surface area contributed by atoms with Crippen molar-refractivity contribution in [3.05, 3.63) is 89.5 Å². The number of aromatic nitrogens is 2. The maximum atomic E-state index is 9.03. The zero-order valence-electron chi connectivity index (χ0n) is 19.7. The second kappa shape index (κ2) is 12.3. The fourth-order valence-electron chi connectivity index (χ4n) is 4.72. The van der Waals surface area contributed by atoms with Gasteiger partial charge in [-0.1, -0.05) is 61.7 Å². The van der Waals surface area contributed by atoms with Crippen molar-refractivity contribution in [1.82, 2.24) is 19.8 Å². The Morgan fingerprint density at radius 1 is 1.03 bits per heavy atom. The van der Waals surface area contributed by atoms with Crippen molar-refractivity contribution in [2.75, 3.05) is 13.1 Å². The lowest BCUT2D eigenvalue weighted by Gasteiger charge is -2.36. The molecule has 0 amide bonds. The van der Waals surface area contributed by atoms with Gasteiger partial charge in [0.1, 0.15) is 0 Å². The molecule has 0 saturated heterocycles. The normalized spacial score (nSPS) is 13.9. The molecule has 0 radical (unpaired) electrons. The first kappa shape index (κ1) is 24.0. The molecule has 2 aromatic carbocycles. The summed E-state index contributed by atoms with van der Waals surface area (Å²) in [5, 5.41) is 13.4. The van der Waals surface area contributed by atoms with Crippen molar-refractivity contribution in [3.8, 4) is 6.07 Å². The predicted octanol–water partition coefficient (Wildman–Crippen LogP) is 5.10. The van der Waals surface area contributed by atoms with Gasteiger partial charge in [0, 0.05) is 44.0 Å². The Labute approximate surface area is 208 Å². The van der Waals surface area contributed by atoms with E-state index in [1.54, 1.807) is 0 Å². The van der Waals surface area contributed by atoms with Gasteiger partial charge in [-0.05, 0) is 54.7 Å². The average Bonchev–Trinajstić information content (AvgIpc) is 3.32. The molecule has 1 fully saturated rings. The Hall–Kier alpha value is -3.17. The summed E-state index contributed by atoms with van der Waals surface area (Å²) in [5.41, 5.74) is 4.39. The number of thiocarbonyl (C=S) groups is 1. The van der Waals surface area contributed by atoms with E-state index in [9.17, 15) is 0 Å². The number of benzene rings is 2. The van der Waals surface area contributed by atoms with Gasteiger partial charge < -0.3 is 14.8 Å². The number of rotatable bonds is 9. The smallest absolute Gasteiger partial charge is 0.169 e. The Kier molecular flexibility index (Phi) is 8.70. The van der Waals surface area contributed by atoms with Crippen molar-refractivity contribution in [2.45, 2.75) is 57.5 Å². The highest BCUT2D eigenvalue weighted by atomic mass is 32.1. The van der Waals surface area contributed by atoms with E-state index in [1.165, 1.54) is 48.9 Å². The summed E-state index contributed by atoms with van der Waals surface area (Å²) >= 11 is 5.89. The molecular weight excluding hydrogens is 438 g/mol. The van der Waals surface area contributed by atoms with Crippen LogP contribution >= 0.6 is 12.2 Å². The monoisotopic (exact) mass is 471 g/mol. The van der Waals surface area contributed by atoms with Crippen LogP contribution in [0.5, 0.6) is 0 Å². The van der Waals surface area contributed by atoms with Gasteiger partial charge in [-0.3, -0.25) is 0 Å². The SMILES string of the molecule is N#Cc1ccc(Cn2cncc2CCN(C(=S)NCCc2ccccc2)C2CCCCC2)cc1. The van der Waals surface area contributed by atoms with E-state index in [2.05, 4.69) is 56.2 Å². The van der Waals surface area contributed by atoms with Crippen LogP contribution in [-0.4, -0.2) is 38.7 Å². The Morgan fingerprint density at radius 3 is 2.53 bits per heavy atom. The number of nitrogens with zero attached hydrogens (tertiary/aromatic N) is 4. The molecular formula is C28H33N5S. The third-order valence-electron chi connectivity index (χ3n) is 6.65. The van der Waals surface area contributed by atoms with Gasteiger partial charge in [-0.2, -0.15) is 5.26 Å².